The second kappa shape index (κ2) is 9.67. The molecule has 0 aromatic heterocycles. The van der Waals surface area contributed by atoms with Crippen molar-refractivity contribution in [2.45, 2.75) is 4.90 Å². The summed E-state index contributed by atoms with van der Waals surface area (Å²) < 4.78 is 41.1. The van der Waals surface area contributed by atoms with E-state index in [-0.39, 0.29) is 4.90 Å². The number of para-hydroxylation sites is 2. The van der Waals surface area contributed by atoms with Gasteiger partial charge in [-0.25, -0.2) is 12.8 Å². The predicted octanol–water partition coefficient (Wildman–Crippen LogP) is 5.33. The van der Waals surface area contributed by atoms with Crippen LogP contribution in [-0.4, -0.2) is 20.9 Å². The summed E-state index contributed by atoms with van der Waals surface area (Å²) in [5.74, 6) is -1.05. The number of rotatable bonds is 7. The summed E-state index contributed by atoms with van der Waals surface area (Å²) in [5.41, 5.74) is 2.64. The van der Waals surface area contributed by atoms with E-state index in [4.69, 9.17) is 0 Å². The number of halogens is 1. The first kappa shape index (κ1) is 22.2. The molecule has 0 atom stereocenters. The van der Waals surface area contributed by atoms with Crippen molar-refractivity contribution in [1.29, 1.82) is 0 Å². The average Bonchev–Trinajstić information content (AvgIpc) is 2.84. The van der Waals surface area contributed by atoms with Gasteiger partial charge in [0, 0.05) is 11.3 Å². The van der Waals surface area contributed by atoms with Crippen molar-refractivity contribution < 1.29 is 17.6 Å². The van der Waals surface area contributed by atoms with Crippen LogP contribution in [0.15, 0.2) is 114 Å². The van der Waals surface area contributed by atoms with E-state index in [1.807, 2.05) is 42.5 Å². The fraction of sp³-hybridized carbons (Fsp3) is 0.0385. The van der Waals surface area contributed by atoms with E-state index in [1.165, 1.54) is 12.1 Å². The maximum atomic E-state index is 13.4. The molecule has 0 heterocycles. The van der Waals surface area contributed by atoms with Gasteiger partial charge in [-0.2, -0.15) is 0 Å². The van der Waals surface area contributed by atoms with E-state index in [9.17, 15) is 17.6 Å². The molecule has 0 bridgehead atoms. The molecule has 0 radical (unpaired) electrons. The topological polar surface area (TPSA) is 66.5 Å². The summed E-state index contributed by atoms with van der Waals surface area (Å²) in [6.07, 6.45) is 0. The number of hydrogen-bond acceptors (Lipinski definition) is 3. The molecule has 4 aromatic carbocycles. The Morgan fingerprint density at radius 3 is 2.00 bits per heavy atom. The van der Waals surface area contributed by atoms with Crippen molar-refractivity contribution >= 4 is 27.3 Å². The molecule has 0 aliphatic heterocycles. The molecular weight excluding hydrogens is 439 g/mol. The van der Waals surface area contributed by atoms with E-state index in [0.29, 0.717) is 11.4 Å². The van der Waals surface area contributed by atoms with Crippen molar-refractivity contribution in [2.75, 3.05) is 16.2 Å². The molecule has 1 N–H and O–H groups in total. The number of nitrogens with zero attached hydrogens (tertiary/aromatic N) is 1. The van der Waals surface area contributed by atoms with Crippen LogP contribution in [0.3, 0.4) is 0 Å². The number of nitrogens with one attached hydrogen (secondary N) is 1. The lowest BCUT2D eigenvalue weighted by molar-refractivity contribution is -0.114. The first-order valence-corrected chi connectivity index (χ1v) is 11.7. The quantitative estimate of drug-likeness (QED) is 0.406. The van der Waals surface area contributed by atoms with Crippen LogP contribution < -0.4 is 9.62 Å². The molecule has 166 valence electrons. The standard InChI is InChI=1S/C26H21FN2O3S/c27-21-15-17-23(18-16-21)33(31,32)29(22-11-5-2-6-12-22)19-26(30)28-25-14-8-7-13-24(25)20-9-3-1-4-10-20/h1-18H,19H2,(H,28,30). The molecular formula is C26H21FN2O3S. The molecule has 4 aromatic rings. The Balaban J connectivity index is 1.65. The predicted molar refractivity (Wildman–Crippen MR) is 128 cm³/mol. The maximum Gasteiger partial charge on any atom is 0.264 e. The molecule has 5 nitrogen and oxygen atoms in total. The molecule has 7 heteroatoms. The highest BCUT2D eigenvalue weighted by molar-refractivity contribution is 7.92. The summed E-state index contributed by atoms with van der Waals surface area (Å²) in [4.78, 5) is 12.9. The molecule has 0 unspecified atom stereocenters. The highest BCUT2D eigenvalue weighted by Gasteiger charge is 2.27. The van der Waals surface area contributed by atoms with E-state index < -0.39 is 28.3 Å². The van der Waals surface area contributed by atoms with Gasteiger partial charge in [0.25, 0.3) is 10.0 Å². The number of benzene rings is 4. The minimum atomic E-state index is -4.11. The minimum absolute atomic E-state index is 0.106. The fourth-order valence-electron chi connectivity index (χ4n) is 3.42. The lowest BCUT2D eigenvalue weighted by atomic mass is 10.0. The van der Waals surface area contributed by atoms with Crippen LogP contribution in [0, 0.1) is 5.82 Å². The lowest BCUT2D eigenvalue weighted by Gasteiger charge is -2.24. The second-order valence-electron chi connectivity index (χ2n) is 7.26. The molecule has 33 heavy (non-hydrogen) atoms. The molecule has 0 aliphatic carbocycles. The third-order valence-corrected chi connectivity index (χ3v) is 6.81. The molecule has 0 saturated heterocycles. The van der Waals surface area contributed by atoms with Gasteiger partial charge in [-0.3, -0.25) is 9.10 Å². The smallest absolute Gasteiger partial charge is 0.264 e. The van der Waals surface area contributed by atoms with Gasteiger partial charge in [-0.05, 0) is 48.0 Å². The summed E-state index contributed by atoms with van der Waals surface area (Å²) in [6.45, 7) is -0.452. The number of carbonyl (C=O) groups is 1. The van der Waals surface area contributed by atoms with Gasteiger partial charge in [0.2, 0.25) is 5.91 Å². The summed E-state index contributed by atoms with van der Waals surface area (Å²) >= 11 is 0. The number of hydrogen-bond donors (Lipinski definition) is 1. The highest BCUT2D eigenvalue weighted by Crippen LogP contribution is 2.28. The first-order valence-electron chi connectivity index (χ1n) is 10.2. The van der Waals surface area contributed by atoms with Crippen LogP contribution in [0.5, 0.6) is 0 Å². The Morgan fingerprint density at radius 2 is 1.33 bits per heavy atom. The fourth-order valence-corrected chi connectivity index (χ4v) is 4.85. The molecule has 0 fully saturated rings. The SMILES string of the molecule is O=C(CN(c1ccccc1)S(=O)(=O)c1ccc(F)cc1)Nc1ccccc1-c1ccccc1. The van der Waals surface area contributed by atoms with Crippen molar-refractivity contribution in [3.8, 4) is 11.1 Å². The Bertz CT molecular complexity index is 1340. The third-order valence-electron chi connectivity index (χ3n) is 5.02. The first-order chi connectivity index (χ1) is 15.9. The van der Waals surface area contributed by atoms with Gasteiger partial charge < -0.3 is 5.32 Å². The lowest BCUT2D eigenvalue weighted by Crippen LogP contribution is -2.38. The van der Waals surface area contributed by atoms with E-state index in [0.717, 1.165) is 27.6 Å². The highest BCUT2D eigenvalue weighted by atomic mass is 32.2. The number of sulfonamides is 1. The number of carbonyl (C=O) groups excluding carboxylic acids is 1. The molecule has 0 spiro atoms. The van der Waals surface area contributed by atoms with Gasteiger partial charge in [-0.1, -0.05) is 66.7 Å². The van der Waals surface area contributed by atoms with Crippen molar-refractivity contribution in [3.05, 3.63) is 115 Å². The third kappa shape index (κ3) is 5.10. The Labute approximate surface area is 192 Å². The zero-order valence-corrected chi connectivity index (χ0v) is 18.4. The largest absolute Gasteiger partial charge is 0.324 e. The van der Waals surface area contributed by atoms with Gasteiger partial charge >= 0.3 is 0 Å². The van der Waals surface area contributed by atoms with Crippen LogP contribution in [0.1, 0.15) is 0 Å². The van der Waals surface area contributed by atoms with Crippen molar-refractivity contribution in [3.63, 3.8) is 0 Å². The minimum Gasteiger partial charge on any atom is -0.324 e. The average molecular weight is 461 g/mol. The molecule has 0 aliphatic rings. The van der Waals surface area contributed by atoms with Crippen LogP contribution in [0.2, 0.25) is 0 Å². The Morgan fingerprint density at radius 1 is 0.758 bits per heavy atom. The van der Waals surface area contributed by atoms with Gasteiger partial charge in [0.15, 0.2) is 0 Å². The summed E-state index contributed by atoms with van der Waals surface area (Å²) in [5, 5.41) is 2.84. The Hall–Kier alpha value is -3.97. The Kier molecular flexibility index (Phi) is 6.51. The zero-order chi connectivity index (χ0) is 23.3. The van der Waals surface area contributed by atoms with Gasteiger partial charge in [0.05, 0.1) is 10.6 Å². The van der Waals surface area contributed by atoms with Gasteiger partial charge in [-0.15, -0.1) is 0 Å². The van der Waals surface area contributed by atoms with Gasteiger partial charge in [0.1, 0.15) is 12.4 Å². The van der Waals surface area contributed by atoms with Crippen molar-refractivity contribution in [2.24, 2.45) is 0 Å². The maximum absolute atomic E-state index is 13.4. The second-order valence-corrected chi connectivity index (χ2v) is 9.12. The monoisotopic (exact) mass is 460 g/mol. The van der Waals surface area contributed by atoms with E-state index in [1.54, 1.807) is 42.5 Å². The number of anilines is 2. The van der Waals surface area contributed by atoms with Crippen LogP contribution in [-0.2, 0) is 14.8 Å². The molecule has 4 rings (SSSR count). The number of amides is 1. The summed E-state index contributed by atoms with van der Waals surface area (Å²) in [7, 11) is -4.11. The van der Waals surface area contributed by atoms with E-state index in [2.05, 4.69) is 5.32 Å². The normalized spacial score (nSPS) is 11.1. The van der Waals surface area contributed by atoms with Crippen LogP contribution in [0.4, 0.5) is 15.8 Å². The zero-order valence-electron chi connectivity index (χ0n) is 17.6. The molecule has 0 saturated carbocycles. The van der Waals surface area contributed by atoms with Crippen molar-refractivity contribution in [1.82, 2.24) is 0 Å². The van der Waals surface area contributed by atoms with Crippen LogP contribution >= 0.6 is 0 Å². The molecule has 1 amide bonds. The van der Waals surface area contributed by atoms with E-state index >= 15 is 0 Å². The van der Waals surface area contributed by atoms with Crippen LogP contribution in [0.25, 0.3) is 11.1 Å². The summed E-state index contributed by atoms with van der Waals surface area (Å²) in [6, 6.07) is 29.7.